The third-order valence-corrected chi connectivity index (χ3v) is 2.83. The molecule has 1 aromatic heterocycles. The minimum atomic E-state index is -0.400. The predicted molar refractivity (Wildman–Crippen MR) is 70.8 cm³/mol. The average Bonchev–Trinajstić information content (AvgIpc) is 3.03. The minimum Gasteiger partial charge on any atom is -0.362 e. The molecule has 1 aromatic carbocycles. The summed E-state index contributed by atoms with van der Waals surface area (Å²) in [4.78, 5) is 27.0. The molecule has 0 aliphatic carbocycles. The predicted octanol–water partition coefficient (Wildman–Crippen LogP) is 1.48. The Hall–Kier alpha value is -2.82. The molecule has 2 heterocycles. The van der Waals surface area contributed by atoms with Crippen molar-refractivity contribution in [1.82, 2.24) is 10.4 Å². The summed E-state index contributed by atoms with van der Waals surface area (Å²) in [6.07, 6.45) is 3.28. The molecule has 1 saturated heterocycles. The molecule has 1 aliphatic rings. The number of para-hydroxylation sites is 1. The highest BCUT2D eigenvalue weighted by atomic mass is 16.2. The number of nitrogens with one attached hydrogen (secondary N) is 2. The Morgan fingerprint density at radius 1 is 1.00 bits per heavy atom. The second kappa shape index (κ2) is 4.45. The normalized spacial score (nSPS) is 17.1. The number of aromatic nitrogens is 1. The topological polar surface area (TPSA) is 65.2 Å². The van der Waals surface area contributed by atoms with E-state index in [-0.39, 0.29) is 11.5 Å². The second-order valence-corrected chi connectivity index (χ2v) is 4.10. The Morgan fingerprint density at radius 2 is 1.79 bits per heavy atom. The van der Waals surface area contributed by atoms with Crippen molar-refractivity contribution in [3.63, 3.8) is 0 Å². The molecule has 5 heteroatoms. The van der Waals surface area contributed by atoms with Gasteiger partial charge >= 0.3 is 0 Å². The highest BCUT2D eigenvalue weighted by Gasteiger charge is 2.34. The molecule has 2 aromatic rings. The molecule has 1 fully saturated rings. The van der Waals surface area contributed by atoms with E-state index in [9.17, 15) is 9.59 Å². The van der Waals surface area contributed by atoms with Gasteiger partial charge in [0.15, 0.2) is 0 Å². The van der Waals surface area contributed by atoms with Crippen LogP contribution in [0.3, 0.4) is 0 Å². The van der Waals surface area contributed by atoms with E-state index >= 15 is 0 Å². The number of aromatic amines is 1. The van der Waals surface area contributed by atoms with Crippen LogP contribution >= 0.6 is 0 Å². The van der Waals surface area contributed by atoms with Crippen molar-refractivity contribution >= 4 is 23.6 Å². The molecule has 2 amide bonds. The van der Waals surface area contributed by atoms with Crippen LogP contribution in [0.25, 0.3) is 6.08 Å². The Labute approximate surface area is 109 Å². The van der Waals surface area contributed by atoms with Crippen molar-refractivity contribution in [2.75, 3.05) is 5.01 Å². The van der Waals surface area contributed by atoms with Gasteiger partial charge in [0.05, 0.1) is 5.69 Å². The summed E-state index contributed by atoms with van der Waals surface area (Å²) < 4.78 is 0. The van der Waals surface area contributed by atoms with Crippen molar-refractivity contribution in [3.05, 3.63) is 59.9 Å². The zero-order chi connectivity index (χ0) is 13.2. The molecule has 3 rings (SSSR count). The maximum Gasteiger partial charge on any atom is 0.282 e. The first-order chi connectivity index (χ1) is 9.25. The fourth-order valence-electron chi connectivity index (χ4n) is 1.91. The van der Waals surface area contributed by atoms with Crippen LogP contribution in [0.5, 0.6) is 0 Å². The largest absolute Gasteiger partial charge is 0.362 e. The number of amides is 2. The van der Waals surface area contributed by atoms with Gasteiger partial charge in [-0.2, -0.15) is 0 Å². The molecule has 1 aliphatic heterocycles. The maximum absolute atomic E-state index is 12.2. The minimum absolute atomic E-state index is 0.117. The van der Waals surface area contributed by atoms with Gasteiger partial charge in [-0.05, 0) is 30.3 Å². The number of hydrogen-bond acceptors (Lipinski definition) is 2. The van der Waals surface area contributed by atoms with Crippen molar-refractivity contribution in [3.8, 4) is 0 Å². The van der Waals surface area contributed by atoms with Gasteiger partial charge in [0.1, 0.15) is 5.57 Å². The number of rotatable bonds is 2. The monoisotopic (exact) mass is 253 g/mol. The van der Waals surface area contributed by atoms with E-state index in [0.29, 0.717) is 11.4 Å². The SMILES string of the molecule is O=C1NN(c2ccccc2)C(=O)C1=Cc1ccc[nH]1. The fourth-order valence-corrected chi connectivity index (χ4v) is 1.91. The first-order valence-electron chi connectivity index (χ1n) is 5.81. The van der Waals surface area contributed by atoms with Crippen LogP contribution in [-0.4, -0.2) is 16.8 Å². The summed E-state index contributed by atoms with van der Waals surface area (Å²) in [5, 5.41) is 1.25. The van der Waals surface area contributed by atoms with Gasteiger partial charge in [0.25, 0.3) is 11.8 Å². The molecule has 0 bridgehead atoms. The number of carbonyl (C=O) groups is 2. The molecule has 5 nitrogen and oxygen atoms in total. The maximum atomic E-state index is 12.2. The van der Waals surface area contributed by atoms with Crippen LogP contribution in [0.15, 0.2) is 54.2 Å². The van der Waals surface area contributed by atoms with Crippen LogP contribution in [0.2, 0.25) is 0 Å². The van der Waals surface area contributed by atoms with Gasteiger partial charge < -0.3 is 4.98 Å². The Balaban J connectivity index is 1.94. The zero-order valence-corrected chi connectivity index (χ0v) is 9.96. The van der Waals surface area contributed by atoms with E-state index < -0.39 is 5.91 Å². The number of carbonyl (C=O) groups excluding carboxylic acids is 2. The summed E-state index contributed by atoms with van der Waals surface area (Å²) in [5.74, 6) is -0.755. The summed E-state index contributed by atoms with van der Waals surface area (Å²) >= 11 is 0. The molecular formula is C14H11N3O2. The number of benzene rings is 1. The van der Waals surface area contributed by atoms with E-state index in [1.165, 1.54) is 5.01 Å². The quantitative estimate of drug-likeness (QED) is 0.629. The lowest BCUT2D eigenvalue weighted by Crippen LogP contribution is -2.35. The molecule has 94 valence electrons. The first-order valence-corrected chi connectivity index (χ1v) is 5.81. The van der Waals surface area contributed by atoms with Crippen LogP contribution in [-0.2, 0) is 9.59 Å². The highest BCUT2D eigenvalue weighted by molar-refractivity contribution is 6.31. The molecule has 0 atom stereocenters. The lowest BCUT2D eigenvalue weighted by molar-refractivity contribution is -0.117. The summed E-state index contributed by atoms with van der Waals surface area (Å²) in [6.45, 7) is 0. The molecule has 0 unspecified atom stereocenters. The van der Waals surface area contributed by atoms with Crippen molar-refractivity contribution in [2.45, 2.75) is 0 Å². The highest BCUT2D eigenvalue weighted by Crippen LogP contribution is 2.20. The summed E-state index contributed by atoms with van der Waals surface area (Å²) in [5.41, 5.74) is 4.01. The molecule has 0 spiro atoms. The average molecular weight is 253 g/mol. The second-order valence-electron chi connectivity index (χ2n) is 4.10. The molecule has 2 N–H and O–H groups in total. The molecule has 0 radical (unpaired) electrons. The van der Waals surface area contributed by atoms with E-state index in [4.69, 9.17) is 0 Å². The van der Waals surface area contributed by atoms with Crippen molar-refractivity contribution < 1.29 is 9.59 Å². The number of anilines is 1. The summed E-state index contributed by atoms with van der Waals surface area (Å²) in [6, 6.07) is 12.6. The third kappa shape index (κ3) is 2.01. The zero-order valence-electron chi connectivity index (χ0n) is 9.96. The van der Waals surface area contributed by atoms with E-state index in [0.717, 1.165) is 0 Å². The van der Waals surface area contributed by atoms with E-state index in [1.54, 1.807) is 48.7 Å². The Morgan fingerprint density at radius 3 is 2.47 bits per heavy atom. The van der Waals surface area contributed by atoms with E-state index in [2.05, 4.69) is 10.4 Å². The lowest BCUT2D eigenvalue weighted by atomic mass is 10.2. The van der Waals surface area contributed by atoms with Gasteiger partial charge in [-0.15, -0.1) is 0 Å². The summed E-state index contributed by atoms with van der Waals surface area (Å²) in [7, 11) is 0. The molecular weight excluding hydrogens is 242 g/mol. The first kappa shape index (κ1) is 11.3. The van der Waals surface area contributed by atoms with Gasteiger partial charge in [-0.1, -0.05) is 18.2 Å². The number of H-pyrrole nitrogens is 1. The van der Waals surface area contributed by atoms with Gasteiger partial charge in [-0.3, -0.25) is 15.0 Å². The van der Waals surface area contributed by atoms with Crippen LogP contribution in [0.4, 0.5) is 5.69 Å². The molecule has 0 saturated carbocycles. The van der Waals surface area contributed by atoms with Crippen LogP contribution in [0.1, 0.15) is 5.69 Å². The molecule has 19 heavy (non-hydrogen) atoms. The van der Waals surface area contributed by atoms with E-state index in [1.807, 2.05) is 6.07 Å². The van der Waals surface area contributed by atoms with Crippen LogP contribution in [0, 0.1) is 0 Å². The lowest BCUT2D eigenvalue weighted by Gasteiger charge is -2.13. The van der Waals surface area contributed by atoms with Gasteiger partial charge in [0, 0.05) is 11.9 Å². The Kier molecular flexibility index (Phi) is 2.64. The number of nitrogens with zero attached hydrogens (tertiary/aromatic N) is 1. The fraction of sp³-hybridized carbons (Fsp3) is 0. The standard InChI is InChI=1S/C14H11N3O2/c18-13-12(9-10-5-4-8-15-10)14(19)17(16-13)11-6-2-1-3-7-11/h1-9,15H,(H,16,18). The number of hydrogen-bond donors (Lipinski definition) is 2. The van der Waals surface area contributed by atoms with Gasteiger partial charge in [0.2, 0.25) is 0 Å². The Bertz CT molecular complexity index is 645. The smallest absolute Gasteiger partial charge is 0.282 e. The number of hydrazine groups is 1. The van der Waals surface area contributed by atoms with Crippen molar-refractivity contribution in [2.24, 2.45) is 0 Å². The van der Waals surface area contributed by atoms with Crippen molar-refractivity contribution in [1.29, 1.82) is 0 Å². The van der Waals surface area contributed by atoms with Crippen LogP contribution < -0.4 is 10.4 Å². The third-order valence-electron chi connectivity index (χ3n) is 2.83. The van der Waals surface area contributed by atoms with Gasteiger partial charge in [-0.25, -0.2) is 5.01 Å².